The average Bonchev–Trinajstić information content (AvgIpc) is 2.87. The van der Waals surface area contributed by atoms with Gasteiger partial charge in [0.2, 0.25) is 0 Å². The highest BCUT2D eigenvalue weighted by molar-refractivity contribution is 5.96. The number of amides is 1. The van der Waals surface area contributed by atoms with Crippen LogP contribution >= 0.6 is 0 Å². The molecule has 0 aliphatic carbocycles. The molecule has 0 saturated carbocycles. The number of hydrogen-bond donors (Lipinski definition) is 1. The van der Waals surface area contributed by atoms with Crippen LogP contribution in [0.4, 0.5) is 5.69 Å². The topological polar surface area (TPSA) is 92.1 Å². The Balaban J connectivity index is 1.56. The molecular formula is C26H24N6O2. The van der Waals surface area contributed by atoms with Gasteiger partial charge in [-0.2, -0.15) is 0 Å². The third kappa shape index (κ3) is 5.07. The molecular weight excluding hydrogens is 428 g/mol. The Kier molecular flexibility index (Phi) is 6.88. The van der Waals surface area contributed by atoms with Gasteiger partial charge in [-0.1, -0.05) is 17.9 Å². The molecule has 0 radical (unpaired) electrons. The monoisotopic (exact) mass is 452 g/mol. The Bertz CT molecular complexity index is 1350. The molecule has 0 fully saturated rings. The van der Waals surface area contributed by atoms with Crippen molar-refractivity contribution in [2.24, 2.45) is 10.3 Å². The Morgan fingerprint density at radius 1 is 1.12 bits per heavy atom. The molecule has 1 amide bonds. The fourth-order valence-corrected chi connectivity index (χ4v) is 3.43. The summed E-state index contributed by atoms with van der Waals surface area (Å²) in [6, 6.07) is 16.7. The first-order valence-electron chi connectivity index (χ1n) is 10.7. The highest BCUT2D eigenvalue weighted by atomic mass is 16.5. The standard InChI is InChI=1S/C26H24N6O2/c1-4-30-31-32(3)20-8-9-22-23(16-20)28-15-12-25(22)34-24-7-5-6-21(18(24)2)26(33)29-17-19-10-13-27-14-11-19/h4-16H,1,17H2,2-3H3,(H,29,33). The van der Waals surface area contributed by atoms with Crippen molar-refractivity contribution in [3.8, 4) is 11.5 Å². The van der Waals surface area contributed by atoms with Gasteiger partial charge in [-0.15, -0.1) is 5.11 Å². The van der Waals surface area contributed by atoms with E-state index in [-0.39, 0.29) is 5.91 Å². The van der Waals surface area contributed by atoms with E-state index in [9.17, 15) is 4.79 Å². The second-order valence-corrected chi connectivity index (χ2v) is 7.49. The lowest BCUT2D eigenvalue weighted by molar-refractivity contribution is 0.0950. The number of ether oxygens (including phenoxy) is 1. The number of pyridine rings is 2. The van der Waals surface area contributed by atoms with Gasteiger partial charge in [-0.3, -0.25) is 14.8 Å². The Morgan fingerprint density at radius 3 is 2.74 bits per heavy atom. The van der Waals surface area contributed by atoms with Crippen LogP contribution in [0, 0.1) is 6.92 Å². The third-order valence-electron chi connectivity index (χ3n) is 5.28. The van der Waals surface area contributed by atoms with Crippen molar-refractivity contribution < 1.29 is 9.53 Å². The summed E-state index contributed by atoms with van der Waals surface area (Å²) in [5.74, 6) is 1.08. The number of fused-ring (bicyclic) bond motifs is 1. The largest absolute Gasteiger partial charge is 0.456 e. The van der Waals surface area contributed by atoms with Crippen LogP contribution in [-0.2, 0) is 6.54 Å². The number of benzene rings is 2. The van der Waals surface area contributed by atoms with E-state index in [1.54, 1.807) is 42.8 Å². The molecule has 0 unspecified atom stereocenters. The number of anilines is 1. The van der Waals surface area contributed by atoms with Crippen molar-refractivity contribution in [3.05, 3.63) is 103 Å². The first kappa shape index (κ1) is 22.6. The van der Waals surface area contributed by atoms with Gasteiger partial charge >= 0.3 is 0 Å². The maximum absolute atomic E-state index is 12.8. The average molecular weight is 453 g/mol. The van der Waals surface area contributed by atoms with Crippen LogP contribution < -0.4 is 15.1 Å². The maximum Gasteiger partial charge on any atom is 0.251 e. The van der Waals surface area contributed by atoms with Gasteiger partial charge in [-0.05, 0) is 61.0 Å². The van der Waals surface area contributed by atoms with E-state index in [2.05, 4.69) is 32.2 Å². The van der Waals surface area contributed by atoms with Crippen LogP contribution in [0.5, 0.6) is 11.5 Å². The number of nitrogens with one attached hydrogen (secondary N) is 1. The Labute approximate surface area is 197 Å². The van der Waals surface area contributed by atoms with Crippen molar-refractivity contribution in [3.63, 3.8) is 0 Å². The Morgan fingerprint density at radius 2 is 1.94 bits per heavy atom. The minimum absolute atomic E-state index is 0.166. The number of carbonyl (C=O) groups excluding carboxylic acids is 1. The van der Waals surface area contributed by atoms with Gasteiger partial charge in [0.1, 0.15) is 11.5 Å². The van der Waals surface area contributed by atoms with Crippen LogP contribution in [0.15, 0.2) is 96.3 Å². The smallest absolute Gasteiger partial charge is 0.251 e. The molecule has 2 heterocycles. The molecule has 2 aromatic heterocycles. The summed E-state index contributed by atoms with van der Waals surface area (Å²) in [4.78, 5) is 21.3. The molecule has 0 aliphatic rings. The zero-order valence-electron chi connectivity index (χ0n) is 19.0. The zero-order valence-corrected chi connectivity index (χ0v) is 19.0. The highest BCUT2D eigenvalue weighted by Gasteiger charge is 2.14. The van der Waals surface area contributed by atoms with E-state index in [1.165, 1.54) is 6.20 Å². The molecule has 0 atom stereocenters. The van der Waals surface area contributed by atoms with Crippen molar-refractivity contribution in [2.75, 3.05) is 12.1 Å². The molecule has 0 aliphatic heterocycles. The Hall–Kier alpha value is -4.59. The number of rotatable bonds is 8. The molecule has 34 heavy (non-hydrogen) atoms. The fourth-order valence-electron chi connectivity index (χ4n) is 3.43. The van der Waals surface area contributed by atoms with Crippen molar-refractivity contribution in [1.82, 2.24) is 15.3 Å². The maximum atomic E-state index is 12.8. The molecule has 8 heteroatoms. The minimum atomic E-state index is -0.166. The van der Waals surface area contributed by atoms with E-state index >= 15 is 0 Å². The van der Waals surface area contributed by atoms with Crippen molar-refractivity contribution >= 4 is 22.5 Å². The van der Waals surface area contributed by atoms with Crippen LogP contribution in [-0.4, -0.2) is 22.9 Å². The van der Waals surface area contributed by atoms with Crippen LogP contribution in [0.3, 0.4) is 0 Å². The third-order valence-corrected chi connectivity index (χ3v) is 5.28. The molecule has 8 nitrogen and oxygen atoms in total. The molecule has 4 aromatic rings. The summed E-state index contributed by atoms with van der Waals surface area (Å²) in [7, 11) is 1.79. The van der Waals surface area contributed by atoms with Gasteiger partial charge < -0.3 is 10.1 Å². The molecule has 0 spiro atoms. The lowest BCUT2D eigenvalue weighted by Gasteiger charge is -2.15. The summed E-state index contributed by atoms with van der Waals surface area (Å²) in [5, 5.41) is 13.2. The fraction of sp³-hybridized carbons (Fsp3) is 0.115. The summed E-state index contributed by atoms with van der Waals surface area (Å²) >= 11 is 0. The van der Waals surface area contributed by atoms with E-state index < -0.39 is 0 Å². The predicted molar refractivity (Wildman–Crippen MR) is 132 cm³/mol. The van der Waals surface area contributed by atoms with E-state index in [0.717, 1.165) is 27.7 Å². The minimum Gasteiger partial charge on any atom is -0.456 e. The van der Waals surface area contributed by atoms with E-state index in [0.29, 0.717) is 23.6 Å². The first-order chi connectivity index (χ1) is 16.6. The number of hydrogen-bond acceptors (Lipinski definition) is 6. The molecule has 0 saturated heterocycles. The number of nitrogens with zero attached hydrogens (tertiary/aromatic N) is 5. The quantitative estimate of drug-likeness (QED) is 0.277. The van der Waals surface area contributed by atoms with Crippen molar-refractivity contribution in [2.45, 2.75) is 13.5 Å². The second kappa shape index (κ2) is 10.4. The van der Waals surface area contributed by atoms with Gasteiger partial charge in [0.05, 0.1) is 11.2 Å². The van der Waals surface area contributed by atoms with E-state index in [4.69, 9.17) is 4.74 Å². The predicted octanol–water partition coefficient (Wildman–Crippen LogP) is 5.61. The number of aromatic nitrogens is 2. The van der Waals surface area contributed by atoms with Crippen LogP contribution in [0.1, 0.15) is 21.5 Å². The number of carbonyl (C=O) groups is 1. The summed E-state index contributed by atoms with van der Waals surface area (Å²) < 4.78 is 6.24. The molecule has 2 aromatic carbocycles. The summed E-state index contributed by atoms with van der Waals surface area (Å²) in [5.41, 5.74) is 3.86. The lowest BCUT2D eigenvalue weighted by Crippen LogP contribution is -2.23. The molecule has 0 bridgehead atoms. The highest BCUT2D eigenvalue weighted by Crippen LogP contribution is 2.33. The lowest BCUT2D eigenvalue weighted by atomic mass is 10.1. The van der Waals surface area contributed by atoms with Gasteiger partial charge in [0.15, 0.2) is 0 Å². The second-order valence-electron chi connectivity index (χ2n) is 7.49. The molecule has 1 N–H and O–H groups in total. The molecule has 4 rings (SSSR count). The van der Waals surface area contributed by atoms with Gasteiger partial charge in [0.25, 0.3) is 5.91 Å². The SMILES string of the molecule is C=CN=NN(C)c1ccc2c(Oc3cccc(C(=O)NCc4ccncc4)c3C)ccnc2c1. The summed E-state index contributed by atoms with van der Waals surface area (Å²) in [6.07, 6.45) is 6.46. The van der Waals surface area contributed by atoms with Crippen molar-refractivity contribution in [1.29, 1.82) is 0 Å². The first-order valence-corrected chi connectivity index (χ1v) is 10.7. The van der Waals surface area contributed by atoms with Gasteiger partial charge in [0, 0.05) is 54.9 Å². The van der Waals surface area contributed by atoms with Crippen LogP contribution in [0.2, 0.25) is 0 Å². The van der Waals surface area contributed by atoms with Gasteiger partial charge in [-0.25, -0.2) is 5.01 Å². The normalized spacial score (nSPS) is 10.9. The van der Waals surface area contributed by atoms with Crippen LogP contribution in [0.25, 0.3) is 10.9 Å². The van der Waals surface area contributed by atoms with E-state index in [1.807, 2.05) is 49.4 Å². The summed E-state index contributed by atoms with van der Waals surface area (Å²) in [6.45, 7) is 5.83. The zero-order chi connectivity index (χ0) is 23.9. The molecule has 170 valence electrons.